The molecule has 2 rings (SSSR count). The zero-order valence-electron chi connectivity index (χ0n) is 8.81. The number of H-pyrrole nitrogens is 1. The molecule has 0 aliphatic rings. The second-order valence-corrected chi connectivity index (χ2v) is 3.30. The molecular weight excluding hydrogens is 206 g/mol. The standard InChI is InChI=1S/C10H13N5O/c1-2-3-4-5-16-9-7-6-12-15-8(7)13-10(11)14-9/h2,6H,1,3-5H2,(H3,11,12,13,14,15). The van der Waals surface area contributed by atoms with Gasteiger partial charge in [-0.2, -0.15) is 15.1 Å². The Kier molecular flexibility index (Phi) is 3.00. The molecule has 84 valence electrons. The summed E-state index contributed by atoms with van der Waals surface area (Å²) in [6.45, 7) is 4.22. The highest BCUT2D eigenvalue weighted by Gasteiger charge is 2.08. The second-order valence-electron chi connectivity index (χ2n) is 3.30. The van der Waals surface area contributed by atoms with Crippen molar-refractivity contribution in [2.24, 2.45) is 0 Å². The number of hydrogen-bond donors (Lipinski definition) is 2. The van der Waals surface area contributed by atoms with Crippen LogP contribution in [0.4, 0.5) is 5.95 Å². The maximum absolute atomic E-state index is 5.55. The number of unbranched alkanes of at least 4 members (excludes halogenated alkanes) is 1. The van der Waals surface area contributed by atoms with Crippen molar-refractivity contribution in [3.8, 4) is 5.88 Å². The molecule has 0 atom stereocenters. The largest absolute Gasteiger partial charge is 0.477 e. The Balaban J connectivity index is 2.15. The van der Waals surface area contributed by atoms with E-state index in [2.05, 4.69) is 26.7 Å². The first kappa shape index (κ1) is 10.4. The van der Waals surface area contributed by atoms with E-state index in [4.69, 9.17) is 10.5 Å². The molecule has 0 saturated heterocycles. The normalized spacial score (nSPS) is 10.5. The fourth-order valence-corrected chi connectivity index (χ4v) is 1.33. The van der Waals surface area contributed by atoms with Gasteiger partial charge in [0.2, 0.25) is 11.8 Å². The lowest BCUT2D eigenvalue weighted by molar-refractivity contribution is 0.304. The molecule has 6 heteroatoms. The molecule has 0 spiro atoms. The number of rotatable bonds is 5. The molecule has 2 aromatic rings. The van der Waals surface area contributed by atoms with Gasteiger partial charge in [0.25, 0.3) is 0 Å². The first-order valence-corrected chi connectivity index (χ1v) is 5.01. The highest BCUT2D eigenvalue weighted by Crippen LogP contribution is 2.21. The van der Waals surface area contributed by atoms with Gasteiger partial charge in [0.1, 0.15) is 5.39 Å². The Morgan fingerprint density at radius 1 is 1.50 bits per heavy atom. The fraction of sp³-hybridized carbons (Fsp3) is 0.300. The highest BCUT2D eigenvalue weighted by molar-refractivity contribution is 5.80. The van der Waals surface area contributed by atoms with Gasteiger partial charge in [-0.05, 0) is 12.8 Å². The SMILES string of the molecule is C=CCCCOc1nc(N)nc2[nH]ncc12. The summed E-state index contributed by atoms with van der Waals surface area (Å²) in [5, 5.41) is 7.34. The molecule has 0 saturated carbocycles. The van der Waals surface area contributed by atoms with Gasteiger partial charge in [-0.1, -0.05) is 6.08 Å². The summed E-state index contributed by atoms with van der Waals surface area (Å²) >= 11 is 0. The number of nitrogen functional groups attached to an aromatic ring is 1. The maximum atomic E-state index is 5.55. The number of nitrogens with one attached hydrogen (secondary N) is 1. The number of ether oxygens (including phenoxy) is 1. The Hall–Kier alpha value is -2.11. The van der Waals surface area contributed by atoms with Crippen LogP contribution >= 0.6 is 0 Å². The molecular formula is C10H13N5O. The minimum Gasteiger partial charge on any atom is -0.477 e. The lowest BCUT2D eigenvalue weighted by Gasteiger charge is -2.05. The number of nitrogens with zero attached hydrogens (tertiary/aromatic N) is 3. The molecule has 16 heavy (non-hydrogen) atoms. The van der Waals surface area contributed by atoms with Crippen molar-refractivity contribution in [2.45, 2.75) is 12.8 Å². The van der Waals surface area contributed by atoms with E-state index >= 15 is 0 Å². The minimum absolute atomic E-state index is 0.176. The van der Waals surface area contributed by atoms with Crippen LogP contribution in [0, 0.1) is 0 Å². The predicted molar refractivity (Wildman–Crippen MR) is 61.0 cm³/mol. The third kappa shape index (κ3) is 2.10. The molecule has 6 nitrogen and oxygen atoms in total. The van der Waals surface area contributed by atoms with Gasteiger partial charge in [0.05, 0.1) is 12.8 Å². The molecule has 0 aromatic carbocycles. The van der Waals surface area contributed by atoms with Crippen LogP contribution in [0.1, 0.15) is 12.8 Å². The average molecular weight is 219 g/mol. The molecule has 0 radical (unpaired) electrons. The molecule has 0 unspecified atom stereocenters. The van der Waals surface area contributed by atoms with E-state index in [-0.39, 0.29) is 5.95 Å². The van der Waals surface area contributed by atoms with Crippen LogP contribution in [0.3, 0.4) is 0 Å². The first-order valence-electron chi connectivity index (χ1n) is 5.01. The molecule has 0 bridgehead atoms. The lowest BCUT2D eigenvalue weighted by atomic mass is 10.3. The second kappa shape index (κ2) is 4.61. The van der Waals surface area contributed by atoms with Gasteiger partial charge in [-0.3, -0.25) is 5.10 Å². The monoisotopic (exact) mass is 219 g/mol. The smallest absolute Gasteiger partial charge is 0.229 e. The van der Waals surface area contributed by atoms with Crippen molar-refractivity contribution in [2.75, 3.05) is 12.3 Å². The number of aromatic amines is 1. The Morgan fingerprint density at radius 3 is 3.19 bits per heavy atom. The van der Waals surface area contributed by atoms with E-state index < -0.39 is 0 Å². The van der Waals surface area contributed by atoms with E-state index in [0.29, 0.717) is 18.1 Å². The van der Waals surface area contributed by atoms with Crippen LogP contribution in [0.15, 0.2) is 18.9 Å². The van der Waals surface area contributed by atoms with Gasteiger partial charge in [-0.15, -0.1) is 6.58 Å². The Bertz CT molecular complexity index is 493. The number of anilines is 1. The summed E-state index contributed by atoms with van der Waals surface area (Å²) < 4.78 is 5.52. The fourth-order valence-electron chi connectivity index (χ4n) is 1.33. The van der Waals surface area contributed by atoms with E-state index in [1.165, 1.54) is 0 Å². The summed E-state index contributed by atoms with van der Waals surface area (Å²) in [6, 6.07) is 0. The zero-order valence-corrected chi connectivity index (χ0v) is 8.81. The first-order chi connectivity index (χ1) is 7.81. The minimum atomic E-state index is 0.176. The van der Waals surface area contributed by atoms with Crippen molar-refractivity contribution in [3.63, 3.8) is 0 Å². The van der Waals surface area contributed by atoms with E-state index in [1.807, 2.05) is 6.08 Å². The zero-order chi connectivity index (χ0) is 11.4. The van der Waals surface area contributed by atoms with Crippen molar-refractivity contribution in [1.29, 1.82) is 0 Å². The van der Waals surface area contributed by atoms with Crippen LogP contribution in [0.5, 0.6) is 5.88 Å². The van der Waals surface area contributed by atoms with Crippen LogP contribution in [-0.4, -0.2) is 26.8 Å². The van der Waals surface area contributed by atoms with Crippen molar-refractivity contribution < 1.29 is 4.74 Å². The third-order valence-corrected chi connectivity index (χ3v) is 2.08. The van der Waals surface area contributed by atoms with Crippen LogP contribution in [0.2, 0.25) is 0 Å². The number of nitrogens with two attached hydrogens (primary N) is 1. The van der Waals surface area contributed by atoms with Gasteiger partial charge in [0.15, 0.2) is 5.65 Å². The molecule has 3 N–H and O–H groups in total. The summed E-state index contributed by atoms with van der Waals surface area (Å²) in [4.78, 5) is 8.02. The van der Waals surface area contributed by atoms with Crippen molar-refractivity contribution >= 4 is 17.0 Å². The average Bonchev–Trinajstić information content (AvgIpc) is 2.72. The molecule has 2 aromatic heterocycles. The number of allylic oxidation sites excluding steroid dienone is 1. The molecule has 0 aliphatic heterocycles. The Morgan fingerprint density at radius 2 is 2.38 bits per heavy atom. The van der Waals surface area contributed by atoms with E-state index in [0.717, 1.165) is 18.2 Å². The molecule has 2 heterocycles. The van der Waals surface area contributed by atoms with Crippen LogP contribution in [-0.2, 0) is 0 Å². The third-order valence-electron chi connectivity index (χ3n) is 2.08. The van der Waals surface area contributed by atoms with Crippen LogP contribution < -0.4 is 10.5 Å². The quantitative estimate of drug-likeness (QED) is 0.584. The number of aromatic nitrogens is 4. The molecule has 0 aliphatic carbocycles. The van der Waals surface area contributed by atoms with E-state index in [1.54, 1.807) is 6.20 Å². The lowest BCUT2D eigenvalue weighted by Crippen LogP contribution is -2.02. The van der Waals surface area contributed by atoms with Gasteiger partial charge in [-0.25, -0.2) is 0 Å². The topological polar surface area (TPSA) is 89.7 Å². The predicted octanol–water partition coefficient (Wildman–Crippen LogP) is 1.28. The number of hydrogen-bond acceptors (Lipinski definition) is 5. The van der Waals surface area contributed by atoms with Crippen molar-refractivity contribution in [3.05, 3.63) is 18.9 Å². The van der Waals surface area contributed by atoms with Gasteiger partial charge >= 0.3 is 0 Å². The Labute approximate surface area is 92.5 Å². The van der Waals surface area contributed by atoms with Gasteiger partial charge in [0, 0.05) is 0 Å². The summed E-state index contributed by atoms with van der Waals surface area (Å²) in [5.74, 6) is 0.649. The maximum Gasteiger partial charge on any atom is 0.229 e. The summed E-state index contributed by atoms with van der Waals surface area (Å²) in [6.07, 6.45) is 5.28. The summed E-state index contributed by atoms with van der Waals surface area (Å²) in [7, 11) is 0. The van der Waals surface area contributed by atoms with Crippen LogP contribution in [0.25, 0.3) is 11.0 Å². The van der Waals surface area contributed by atoms with Crippen molar-refractivity contribution in [1.82, 2.24) is 20.2 Å². The van der Waals surface area contributed by atoms with E-state index in [9.17, 15) is 0 Å². The van der Waals surface area contributed by atoms with Gasteiger partial charge < -0.3 is 10.5 Å². The number of fused-ring (bicyclic) bond motifs is 1. The highest BCUT2D eigenvalue weighted by atomic mass is 16.5. The molecule has 0 fully saturated rings. The molecule has 0 amide bonds. The summed E-state index contributed by atoms with van der Waals surface area (Å²) in [5.41, 5.74) is 6.14.